The zero-order valence-electron chi connectivity index (χ0n) is 8.40. The predicted molar refractivity (Wildman–Crippen MR) is 62.8 cm³/mol. The summed E-state index contributed by atoms with van der Waals surface area (Å²) in [5.74, 6) is 0.889. The molecule has 0 radical (unpaired) electrons. The number of anilines is 1. The second-order valence-corrected chi connectivity index (χ2v) is 6.26. The van der Waals surface area contributed by atoms with Gasteiger partial charge in [0.25, 0.3) is 0 Å². The van der Waals surface area contributed by atoms with Crippen molar-refractivity contribution < 1.29 is 0 Å². The van der Waals surface area contributed by atoms with Gasteiger partial charge in [0.05, 0.1) is 0 Å². The first-order chi connectivity index (χ1) is 6.66. The molecule has 2 rings (SSSR count). The first-order valence-corrected chi connectivity index (χ1v) is 6.53. The molecule has 3 nitrogen and oxygen atoms in total. The van der Waals surface area contributed by atoms with Gasteiger partial charge in [0.2, 0.25) is 5.13 Å². The van der Waals surface area contributed by atoms with Crippen molar-refractivity contribution in [2.45, 2.75) is 32.7 Å². The number of halogens is 1. The van der Waals surface area contributed by atoms with E-state index < -0.39 is 0 Å². The maximum absolute atomic E-state index is 4.17. The summed E-state index contributed by atoms with van der Waals surface area (Å²) >= 11 is 4.96. The Morgan fingerprint density at radius 1 is 1.50 bits per heavy atom. The van der Waals surface area contributed by atoms with Gasteiger partial charge in [-0.05, 0) is 48.5 Å². The van der Waals surface area contributed by atoms with Crippen LogP contribution in [0.25, 0.3) is 0 Å². The van der Waals surface area contributed by atoms with Crippen molar-refractivity contribution in [2.24, 2.45) is 5.92 Å². The maximum Gasteiger partial charge on any atom is 0.209 e. The molecule has 0 N–H and O–H groups in total. The number of hydrogen-bond donors (Lipinski definition) is 0. The Morgan fingerprint density at radius 2 is 2.21 bits per heavy atom. The first-order valence-electron chi connectivity index (χ1n) is 4.92. The van der Waals surface area contributed by atoms with Gasteiger partial charge in [-0.3, -0.25) is 0 Å². The lowest BCUT2D eigenvalue weighted by molar-refractivity contribution is 0.639. The Hall–Kier alpha value is -0.160. The molecule has 1 aromatic rings. The highest BCUT2D eigenvalue weighted by atomic mass is 79.9. The molecule has 0 atom stereocenters. The lowest BCUT2D eigenvalue weighted by Gasteiger charge is -2.25. The highest BCUT2D eigenvalue weighted by Gasteiger charge is 2.27. The summed E-state index contributed by atoms with van der Waals surface area (Å²) in [7, 11) is 0. The summed E-state index contributed by atoms with van der Waals surface area (Å²) in [6.07, 6.45) is 2.76. The Balaban J connectivity index is 2.08. The number of aromatic nitrogens is 2. The quantitative estimate of drug-likeness (QED) is 0.846. The molecule has 0 saturated heterocycles. The molecule has 0 aliphatic heterocycles. The van der Waals surface area contributed by atoms with E-state index in [1.165, 1.54) is 12.8 Å². The van der Waals surface area contributed by atoms with E-state index in [4.69, 9.17) is 0 Å². The van der Waals surface area contributed by atoms with Gasteiger partial charge >= 0.3 is 0 Å². The predicted octanol–water partition coefficient (Wildman–Crippen LogP) is 2.93. The van der Waals surface area contributed by atoms with E-state index in [-0.39, 0.29) is 0 Å². The van der Waals surface area contributed by atoms with Crippen molar-refractivity contribution in [3.63, 3.8) is 0 Å². The molecule has 5 heteroatoms. The van der Waals surface area contributed by atoms with E-state index in [1.807, 2.05) is 0 Å². The molecule has 1 aliphatic rings. The molecule has 14 heavy (non-hydrogen) atoms. The van der Waals surface area contributed by atoms with Crippen molar-refractivity contribution in [1.82, 2.24) is 10.2 Å². The topological polar surface area (TPSA) is 29.0 Å². The molecule has 1 aliphatic carbocycles. The van der Waals surface area contributed by atoms with Gasteiger partial charge in [-0.1, -0.05) is 11.3 Å². The Morgan fingerprint density at radius 3 is 2.64 bits per heavy atom. The summed E-state index contributed by atoms with van der Waals surface area (Å²) in [6, 6.07) is 0.510. The minimum atomic E-state index is 0.510. The van der Waals surface area contributed by atoms with Crippen molar-refractivity contribution in [1.29, 1.82) is 0 Å². The third-order valence-electron chi connectivity index (χ3n) is 2.41. The van der Waals surface area contributed by atoms with E-state index in [9.17, 15) is 0 Å². The first kappa shape index (κ1) is 10.4. The van der Waals surface area contributed by atoms with Crippen LogP contribution in [0.15, 0.2) is 3.92 Å². The summed E-state index contributed by atoms with van der Waals surface area (Å²) in [5, 5.41) is 9.20. The second kappa shape index (κ2) is 4.14. The van der Waals surface area contributed by atoms with Crippen LogP contribution in [0.1, 0.15) is 26.7 Å². The molecular weight excluding hydrogens is 262 g/mol. The monoisotopic (exact) mass is 275 g/mol. The maximum atomic E-state index is 4.17. The van der Waals surface area contributed by atoms with Gasteiger partial charge in [-0.2, -0.15) is 0 Å². The van der Waals surface area contributed by atoms with Crippen LogP contribution in [0, 0.1) is 5.92 Å². The van der Waals surface area contributed by atoms with Gasteiger partial charge in [0, 0.05) is 12.6 Å². The number of rotatable bonds is 4. The highest BCUT2D eigenvalue weighted by molar-refractivity contribution is 9.11. The van der Waals surface area contributed by atoms with Crippen LogP contribution in [0.2, 0.25) is 0 Å². The summed E-state index contributed by atoms with van der Waals surface area (Å²) in [6.45, 7) is 5.55. The Bertz CT molecular complexity index is 309. The van der Waals surface area contributed by atoms with E-state index in [2.05, 4.69) is 44.9 Å². The molecule has 78 valence electrons. The van der Waals surface area contributed by atoms with Crippen molar-refractivity contribution >= 4 is 32.4 Å². The van der Waals surface area contributed by atoms with Crippen LogP contribution in [0.4, 0.5) is 5.13 Å². The Kier molecular flexibility index (Phi) is 3.07. The molecule has 0 unspecified atom stereocenters. The molecule has 0 aromatic carbocycles. The fraction of sp³-hybridized carbons (Fsp3) is 0.778. The largest absolute Gasteiger partial charge is 0.344 e. The van der Waals surface area contributed by atoms with Crippen LogP contribution in [-0.2, 0) is 0 Å². The third kappa shape index (κ3) is 2.45. The van der Waals surface area contributed by atoms with Crippen molar-refractivity contribution in [3.8, 4) is 0 Å². The van der Waals surface area contributed by atoms with E-state index in [0.717, 1.165) is 21.5 Å². The molecule has 1 aromatic heterocycles. The van der Waals surface area contributed by atoms with E-state index >= 15 is 0 Å². The molecule has 0 bridgehead atoms. The minimum absolute atomic E-state index is 0.510. The van der Waals surface area contributed by atoms with Gasteiger partial charge in [-0.25, -0.2) is 0 Å². The standard InChI is InChI=1S/C9H14BrN3S/c1-6(2)13(5-7-3-4-7)9-12-11-8(10)14-9/h6-7H,3-5H2,1-2H3. The molecule has 0 spiro atoms. The summed E-state index contributed by atoms with van der Waals surface area (Å²) in [4.78, 5) is 2.35. The second-order valence-electron chi connectivity index (χ2n) is 4.03. The van der Waals surface area contributed by atoms with Crippen LogP contribution in [0.3, 0.4) is 0 Å². The SMILES string of the molecule is CC(C)N(CC1CC1)c1nnc(Br)s1. The molecule has 1 saturated carbocycles. The zero-order valence-corrected chi connectivity index (χ0v) is 10.8. The molecule has 1 fully saturated rings. The summed E-state index contributed by atoms with van der Waals surface area (Å²) < 4.78 is 0.869. The highest BCUT2D eigenvalue weighted by Crippen LogP contribution is 2.33. The van der Waals surface area contributed by atoms with Crippen LogP contribution in [0.5, 0.6) is 0 Å². The van der Waals surface area contributed by atoms with Crippen LogP contribution < -0.4 is 4.90 Å². The van der Waals surface area contributed by atoms with Crippen LogP contribution in [-0.4, -0.2) is 22.8 Å². The Labute approximate surface area is 96.7 Å². The fourth-order valence-corrected chi connectivity index (χ4v) is 2.63. The van der Waals surface area contributed by atoms with Crippen molar-refractivity contribution in [3.05, 3.63) is 3.92 Å². The van der Waals surface area contributed by atoms with E-state index in [0.29, 0.717) is 6.04 Å². The van der Waals surface area contributed by atoms with Gasteiger partial charge in [0.15, 0.2) is 3.92 Å². The zero-order chi connectivity index (χ0) is 10.1. The average Bonchev–Trinajstić information content (AvgIpc) is 2.84. The third-order valence-corrected chi connectivity index (χ3v) is 3.80. The van der Waals surface area contributed by atoms with Crippen molar-refractivity contribution in [2.75, 3.05) is 11.4 Å². The average molecular weight is 276 g/mol. The molecule has 0 amide bonds. The van der Waals surface area contributed by atoms with Gasteiger partial charge < -0.3 is 4.90 Å². The smallest absolute Gasteiger partial charge is 0.209 e. The van der Waals surface area contributed by atoms with Gasteiger partial charge in [0.1, 0.15) is 0 Å². The number of nitrogens with zero attached hydrogens (tertiary/aromatic N) is 3. The van der Waals surface area contributed by atoms with Gasteiger partial charge in [-0.15, -0.1) is 10.2 Å². The van der Waals surface area contributed by atoms with E-state index in [1.54, 1.807) is 11.3 Å². The lowest BCUT2D eigenvalue weighted by Crippen LogP contribution is -2.32. The normalized spacial score (nSPS) is 16.3. The van der Waals surface area contributed by atoms with Crippen LogP contribution >= 0.6 is 27.3 Å². The number of hydrogen-bond acceptors (Lipinski definition) is 4. The summed E-state index contributed by atoms with van der Waals surface area (Å²) in [5.41, 5.74) is 0. The molecular formula is C9H14BrN3S. The molecule has 1 heterocycles. The lowest BCUT2D eigenvalue weighted by atomic mass is 10.3. The fourth-order valence-electron chi connectivity index (χ4n) is 1.40. The minimum Gasteiger partial charge on any atom is -0.344 e.